The largest absolute Gasteiger partial charge is 0.379 e. The molecule has 2 aromatic carbocycles. The molecular formula is C30H35ClN6O3S. The lowest BCUT2D eigenvalue weighted by molar-refractivity contribution is 0.0375. The number of anilines is 2. The molecule has 0 bridgehead atoms. The van der Waals surface area contributed by atoms with Crippen LogP contribution in [-0.2, 0) is 16.6 Å². The van der Waals surface area contributed by atoms with Gasteiger partial charge in [-0.25, -0.2) is 9.78 Å². The number of urea groups is 1. The van der Waals surface area contributed by atoms with Gasteiger partial charge in [-0.15, -0.1) is 12.4 Å². The number of amides is 2. The highest BCUT2D eigenvalue weighted by Gasteiger charge is 2.20. The predicted octanol–water partition coefficient (Wildman–Crippen LogP) is 6.83. The third kappa shape index (κ3) is 6.73. The molecule has 0 saturated carbocycles. The number of carbonyl (C=O) groups excluding carboxylic acids is 1. The van der Waals surface area contributed by atoms with Crippen molar-refractivity contribution >= 4 is 56.5 Å². The second-order valence-corrected chi connectivity index (χ2v) is 12.2. The molecule has 1 aliphatic heterocycles. The van der Waals surface area contributed by atoms with E-state index in [4.69, 9.17) is 14.2 Å². The van der Waals surface area contributed by atoms with Gasteiger partial charge in [-0.2, -0.15) is 0 Å². The number of thiazole rings is 1. The SMILES string of the molecule is CC(C)(C)c1cc(NC(=O)Nc2ccc(-c3cn4c(n3)sc3cc(CCCN5CCOCC5)ccc34)cc2)no1.Cl. The summed E-state index contributed by atoms with van der Waals surface area (Å²) in [7, 11) is 0. The van der Waals surface area contributed by atoms with Crippen molar-refractivity contribution in [3.8, 4) is 11.3 Å². The molecule has 0 radical (unpaired) electrons. The van der Waals surface area contributed by atoms with E-state index in [1.807, 2.05) is 45.0 Å². The maximum Gasteiger partial charge on any atom is 0.324 e. The molecule has 216 valence electrons. The van der Waals surface area contributed by atoms with Gasteiger partial charge in [0.15, 0.2) is 10.8 Å². The van der Waals surface area contributed by atoms with Crippen LogP contribution in [0.5, 0.6) is 0 Å². The fourth-order valence-electron chi connectivity index (χ4n) is 4.86. The second-order valence-electron chi connectivity index (χ2n) is 11.2. The molecule has 4 heterocycles. The molecule has 9 nitrogen and oxygen atoms in total. The average Bonchev–Trinajstić information content (AvgIpc) is 3.64. The minimum Gasteiger partial charge on any atom is -0.379 e. The summed E-state index contributed by atoms with van der Waals surface area (Å²) < 4.78 is 14.2. The van der Waals surface area contributed by atoms with Crippen LogP contribution in [0.4, 0.5) is 16.3 Å². The van der Waals surface area contributed by atoms with Gasteiger partial charge in [0.1, 0.15) is 5.76 Å². The van der Waals surface area contributed by atoms with Crippen molar-refractivity contribution in [2.45, 2.75) is 39.0 Å². The molecule has 1 aliphatic rings. The van der Waals surface area contributed by atoms with Gasteiger partial charge in [-0.05, 0) is 49.2 Å². The van der Waals surface area contributed by atoms with Gasteiger partial charge in [0.05, 0.1) is 29.1 Å². The zero-order chi connectivity index (χ0) is 27.7. The number of hydrogen-bond acceptors (Lipinski definition) is 7. The molecule has 0 atom stereocenters. The van der Waals surface area contributed by atoms with E-state index in [9.17, 15) is 4.79 Å². The number of carbonyl (C=O) groups is 1. The molecule has 1 fully saturated rings. The molecular weight excluding hydrogens is 560 g/mol. The topological polar surface area (TPSA) is 96.9 Å². The Morgan fingerprint density at radius 3 is 2.56 bits per heavy atom. The number of nitrogens with zero attached hydrogens (tertiary/aromatic N) is 4. The van der Waals surface area contributed by atoms with Crippen molar-refractivity contribution < 1.29 is 14.1 Å². The minimum absolute atomic E-state index is 0. The molecule has 11 heteroatoms. The lowest BCUT2D eigenvalue weighted by Gasteiger charge is -2.26. The summed E-state index contributed by atoms with van der Waals surface area (Å²) in [6, 6.07) is 15.8. The average molecular weight is 595 g/mol. The summed E-state index contributed by atoms with van der Waals surface area (Å²) in [4.78, 5) is 20.8. The van der Waals surface area contributed by atoms with Crippen LogP contribution in [0.15, 0.2) is 59.3 Å². The van der Waals surface area contributed by atoms with Gasteiger partial charge in [-0.1, -0.05) is 55.5 Å². The summed E-state index contributed by atoms with van der Waals surface area (Å²) in [5, 5.41) is 9.48. The number of aromatic nitrogens is 3. The monoisotopic (exact) mass is 594 g/mol. The lowest BCUT2D eigenvalue weighted by atomic mass is 9.93. The van der Waals surface area contributed by atoms with E-state index >= 15 is 0 Å². The summed E-state index contributed by atoms with van der Waals surface area (Å²) in [6.45, 7) is 11.0. The first-order chi connectivity index (χ1) is 19.3. The summed E-state index contributed by atoms with van der Waals surface area (Å²) in [6.07, 6.45) is 4.32. The fourth-order valence-corrected chi connectivity index (χ4v) is 5.93. The number of morpholine rings is 1. The van der Waals surface area contributed by atoms with E-state index in [1.54, 1.807) is 17.4 Å². The highest BCUT2D eigenvalue weighted by molar-refractivity contribution is 7.23. The molecule has 6 rings (SSSR count). The number of nitrogens with one attached hydrogen (secondary N) is 2. The molecule has 2 N–H and O–H groups in total. The van der Waals surface area contributed by atoms with E-state index < -0.39 is 0 Å². The van der Waals surface area contributed by atoms with Gasteiger partial charge in [-0.3, -0.25) is 14.6 Å². The Labute approximate surface area is 249 Å². The second kappa shape index (κ2) is 12.2. The van der Waals surface area contributed by atoms with Crippen LogP contribution in [0.25, 0.3) is 26.4 Å². The molecule has 41 heavy (non-hydrogen) atoms. The van der Waals surface area contributed by atoms with Crippen molar-refractivity contribution in [1.29, 1.82) is 0 Å². The van der Waals surface area contributed by atoms with Gasteiger partial charge >= 0.3 is 6.03 Å². The third-order valence-corrected chi connectivity index (χ3v) is 8.15. The molecule has 2 amide bonds. The molecule has 5 aromatic rings. The van der Waals surface area contributed by atoms with Crippen LogP contribution in [0, 0.1) is 0 Å². The summed E-state index contributed by atoms with van der Waals surface area (Å²) in [5.74, 6) is 1.09. The Morgan fingerprint density at radius 2 is 1.83 bits per heavy atom. The first-order valence-electron chi connectivity index (χ1n) is 13.7. The maximum absolute atomic E-state index is 12.4. The van der Waals surface area contributed by atoms with Crippen molar-refractivity contribution in [3.05, 3.63) is 66.1 Å². The van der Waals surface area contributed by atoms with Crippen molar-refractivity contribution in [2.24, 2.45) is 0 Å². The van der Waals surface area contributed by atoms with E-state index in [2.05, 4.69) is 49.5 Å². The zero-order valence-corrected chi connectivity index (χ0v) is 25.1. The predicted molar refractivity (Wildman–Crippen MR) is 167 cm³/mol. The van der Waals surface area contributed by atoms with Crippen LogP contribution in [-0.4, -0.2) is 58.3 Å². The fraction of sp³-hybridized carbons (Fsp3) is 0.367. The van der Waals surface area contributed by atoms with E-state index in [0.29, 0.717) is 17.3 Å². The number of benzene rings is 2. The summed E-state index contributed by atoms with van der Waals surface area (Å²) >= 11 is 1.71. The van der Waals surface area contributed by atoms with Crippen LogP contribution >= 0.6 is 23.7 Å². The maximum atomic E-state index is 12.4. The lowest BCUT2D eigenvalue weighted by Crippen LogP contribution is -2.36. The summed E-state index contributed by atoms with van der Waals surface area (Å²) in [5.41, 5.74) is 4.92. The number of fused-ring (bicyclic) bond motifs is 3. The number of halogens is 1. The Morgan fingerprint density at radius 1 is 1.05 bits per heavy atom. The Hall–Kier alpha value is -3.44. The third-order valence-electron chi connectivity index (χ3n) is 7.13. The van der Waals surface area contributed by atoms with Crippen molar-refractivity contribution in [2.75, 3.05) is 43.5 Å². The molecule has 1 saturated heterocycles. The highest BCUT2D eigenvalue weighted by Crippen LogP contribution is 2.31. The van der Waals surface area contributed by atoms with Gasteiger partial charge in [0.25, 0.3) is 0 Å². The molecule has 0 spiro atoms. The number of rotatable bonds is 7. The Balaban J connectivity index is 0.00000337. The van der Waals surface area contributed by atoms with E-state index in [0.717, 1.165) is 61.9 Å². The van der Waals surface area contributed by atoms with Crippen molar-refractivity contribution in [1.82, 2.24) is 19.4 Å². The van der Waals surface area contributed by atoms with Gasteiger partial charge < -0.3 is 14.6 Å². The number of imidazole rings is 1. The van der Waals surface area contributed by atoms with E-state index in [1.165, 1.54) is 15.8 Å². The minimum atomic E-state index is -0.379. The molecule has 3 aromatic heterocycles. The molecule has 0 unspecified atom stereocenters. The Kier molecular flexibility index (Phi) is 8.65. The van der Waals surface area contributed by atoms with Crippen LogP contribution in [0.3, 0.4) is 0 Å². The standard InChI is InChI=1S/C30H34N6O3S.ClH/c1-30(2,3)26-18-27(34-39-26)33-28(37)31-22-9-7-21(8-10-22)23-19-36-24-11-6-20(17-25(24)40-29(36)32-23)5-4-12-35-13-15-38-16-14-35;/h6-11,17-19H,4-5,12-16H2,1-3H3,(H2,31,33,34,37);1H. The zero-order valence-electron chi connectivity index (χ0n) is 23.5. The van der Waals surface area contributed by atoms with Crippen LogP contribution < -0.4 is 10.6 Å². The smallest absolute Gasteiger partial charge is 0.324 e. The number of aryl methyl sites for hydroxylation is 1. The van der Waals surface area contributed by atoms with Crippen LogP contribution in [0.1, 0.15) is 38.5 Å². The normalized spacial score (nSPS) is 14.3. The first kappa shape index (κ1) is 29.1. The number of hydrogen-bond donors (Lipinski definition) is 2. The first-order valence-corrected chi connectivity index (χ1v) is 14.5. The van der Waals surface area contributed by atoms with Gasteiger partial charge in [0.2, 0.25) is 0 Å². The Bertz CT molecular complexity index is 1630. The van der Waals surface area contributed by atoms with Crippen LogP contribution in [0.2, 0.25) is 0 Å². The van der Waals surface area contributed by atoms with Gasteiger partial charge in [0, 0.05) is 42.0 Å². The van der Waals surface area contributed by atoms with E-state index in [-0.39, 0.29) is 23.9 Å². The number of ether oxygens (including phenoxy) is 1. The highest BCUT2D eigenvalue weighted by atomic mass is 35.5. The quantitative estimate of drug-likeness (QED) is 0.214. The van der Waals surface area contributed by atoms with Crippen molar-refractivity contribution in [3.63, 3.8) is 0 Å². The molecule has 0 aliphatic carbocycles.